The van der Waals surface area contributed by atoms with Gasteiger partial charge in [0.25, 0.3) is 11.8 Å². The van der Waals surface area contributed by atoms with E-state index in [9.17, 15) is 9.59 Å². The monoisotopic (exact) mass is 364 g/mol. The van der Waals surface area contributed by atoms with E-state index in [0.29, 0.717) is 35.3 Å². The second-order valence-electron chi connectivity index (χ2n) is 6.79. The van der Waals surface area contributed by atoms with Gasteiger partial charge >= 0.3 is 0 Å². The van der Waals surface area contributed by atoms with E-state index in [1.54, 1.807) is 15.6 Å². The molecule has 0 aliphatic heterocycles. The fourth-order valence-electron chi connectivity index (χ4n) is 2.17. The molecule has 0 unspecified atom stereocenters. The van der Waals surface area contributed by atoms with E-state index in [4.69, 9.17) is 22.9 Å². The zero-order chi connectivity index (χ0) is 20.0. The van der Waals surface area contributed by atoms with Gasteiger partial charge in [0.15, 0.2) is 5.82 Å². The van der Waals surface area contributed by atoms with E-state index in [-0.39, 0.29) is 5.82 Å². The molecule has 2 aromatic rings. The van der Waals surface area contributed by atoms with Crippen molar-refractivity contribution in [3.8, 4) is 0 Å². The molecule has 0 aliphatic carbocycles. The Balaban J connectivity index is 0.000000260. The van der Waals surface area contributed by atoms with Crippen LogP contribution in [0, 0.1) is 11.8 Å². The molecule has 8 N–H and O–H groups in total. The van der Waals surface area contributed by atoms with Crippen LogP contribution in [0.1, 0.15) is 48.4 Å². The van der Waals surface area contributed by atoms with Gasteiger partial charge in [0.2, 0.25) is 0 Å². The number of nitrogen functional groups attached to an aromatic ring is 2. The summed E-state index contributed by atoms with van der Waals surface area (Å²) in [6.45, 7) is 9.64. The van der Waals surface area contributed by atoms with Gasteiger partial charge in [-0.05, 0) is 11.8 Å². The molecule has 10 heteroatoms. The van der Waals surface area contributed by atoms with Crippen LogP contribution >= 0.6 is 0 Å². The highest BCUT2D eigenvalue weighted by Gasteiger charge is 2.12. The summed E-state index contributed by atoms with van der Waals surface area (Å²) in [5.41, 5.74) is 21.9. The molecular weight excluding hydrogens is 336 g/mol. The first-order valence-corrected chi connectivity index (χ1v) is 8.26. The minimum atomic E-state index is -0.535. The number of amides is 2. The van der Waals surface area contributed by atoms with Crippen LogP contribution in [0.15, 0.2) is 12.4 Å². The fourth-order valence-corrected chi connectivity index (χ4v) is 2.17. The third-order valence-corrected chi connectivity index (χ3v) is 3.29. The Bertz CT molecular complexity index is 748. The Morgan fingerprint density at radius 3 is 1.92 bits per heavy atom. The smallest absolute Gasteiger partial charge is 0.254 e. The van der Waals surface area contributed by atoms with Crippen molar-refractivity contribution < 1.29 is 9.59 Å². The van der Waals surface area contributed by atoms with E-state index in [1.165, 1.54) is 6.20 Å². The Labute approximate surface area is 152 Å². The van der Waals surface area contributed by atoms with Crippen LogP contribution in [0.2, 0.25) is 0 Å². The minimum Gasteiger partial charge on any atom is -0.383 e. The molecule has 144 valence electrons. The van der Waals surface area contributed by atoms with Gasteiger partial charge in [-0.2, -0.15) is 10.2 Å². The zero-order valence-corrected chi connectivity index (χ0v) is 15.6. The predicted octanol–water partition coefficient (Wildman–Crippen LogP) is 0.440. The topological polar surface area (TPSA) is 174 Å². The highest BCUT2D eigenvalue weighted by atomic mass is 16.1. The number of hydrogen-bond donors (Lipinski definition) is 4. The lowest BCUT2D eigenvalue weighted by molar-refractivity contribution is 0.0992. The van der Waals surface area contributed by atoms with Gasteiger partial charge in [0.1, 0.15) is 16.9 Å². The lowest BCUT2D eigenvalue weighted by Gasteiger charge is -2.06. The molecule has 0 aromatic carbocycles. The normalized spacial score (nSPS) is 10.7. The molecule has 0 spiro atoms. The van der Waals surface area contributed by atoms with Crippen LogP contribution in [0.5, 0.6) is 0 Å². The summed E-state index contributed by atoms with van der Waals surface area (Å²) < 4.78 is 3.23. The Kier molecular flexibility index (Phi) is 7.17. The number of hydrogen-bond acceptors (Lipinski definition) is 6. The lowest BCUT2D eigenvalue weighted by atomic mass is 10.2. The molecule has 2 aromatic heterocycles. The van der Waals surface area contributed by atoms with Gasteiger partial charge in [-0.3, -0.25) is 14.3 Å². The molecule has 2 amide bonds. The second kappa shape index (κ2) is 8.88. The van der Waals surface area contributed by atoms with Crippen molar-refractivity contribution in [1.29, 1.82) is 0 Å². The molecule has 10 nitrogen and oxygen atoms in total. The van der Waals surface area contributed by atoms with Crippen molar-refractivity contribution in [3.63, 3.8) is 0 Å². The van der Waals surface area contributed by atoms with Crippen LogP contribution in [0.3, 0.4) is 0 Å². The average molecular weight is 364 g/mol. The SMILES string of the molecule is CC(C)Cn1cc(C(N)=O)c(N)n1.CC(C)Cn1ncc(C(N)=O)c1N. The molecule has 26 heavy (non-hydrogen) atoms. The number of nitrogens with two attached hydrogens (primary N) is 4. The van der Waals surface area contributed by atoms with Crippen molar-refractivity contribution in [2.75, 3.05) is 11.5 Å². The van der Waals surface area contributed by atoms with Crippen LogP contribution in [-0.4, -0.2) is 31.4 Å². The summed E-state index contributed by atoms with van der Waals surface area (Å²) in [4.78, 5) is 21.6. The highest BCUT2D eigenvalue weighted by molar-refractivity contribution is 5.97. The summed E-state index contributed by atoms with van der Waals surface area (Å²) in [5, 5.41) is 7.93. The van der Waals surface area contributed by atoms with E-state index in [2.05, 4.69) is 24.0 Å². The summed E-state index contributed by atoms with van der Waals surface area (Å²) in [7, 11) is 0. The maximum absolute atomic E-state index is 10.8. The zero-order valence-electron chi connectivity index (χ0n) is 15.6. The van der Waals surface area contributed by atoms with Crippen molar-refractivity contribution in [2.45, 2.75) is 40.8 Å². The molecule has 0 saturated heterocycles. The second-order valence-corrected chi connectivity index (χ2v) is 6.79. The van der Waals surface area contributed by atoms with Crippen LogP contribution in [0.25, 0.3) is 0 Å². The minimum absolute atomic E-state index is 0.202. The summed E-state index contributed by atoms with van der Waals surface area (Å²) >= 11 is 0. The number of carbonyl (C=O) groups is 2. The molecular formula is C16H28N8O2. The summed E-state index contributed by atoms with van der Waals surface area (Å²) in [6, 6.07) is 0. The number of aromatic nitrogens is 4. The molecule has 0 atom stereocenters. The molecule has 0 saturated carbocycles. The van der Waals surface area contributed by atoms with Gasteiger partial charge in [0.05, 0.1) is 6.20 Å². The first-order chi connectivity index (χ1) is 12.0. The molecule has 0 fully saturated rings. The average Bonchev–Trinajstić information content (AvgIpc) is 3.02. The molecule has 0 aliphatic rings. The summed E-state index contributed by atoms with van der Waals surface area (Å²) in [5.74, 6) is 0.373. The maximum Gasteiger partial charge on any atom is 0.254 e. The van der Waals surface area contributed by atoms with Crippen molar-refractivity contribution in [1.82, 2.24) is 19.6 Å². The lowest BCUT2D eigenvalue weighted by Crippen LogP contribution is -2.15. The number of carbonyl (C=O) groups excluding carboxylic acids is 2. The van der Waals surface area contributed by atoms with Crippen LogP contribution in [-0.2, 0) is 13.1 Å². The molecule has 0 bridgehead atoms. The van der Waals surface area contributed by atoms with Gasteiger partial charge in [-0.1, -0.05) is 27.7 Å². The Hall–Kier alpha value is -3.04. The van der Waals surface area contributed by atoms with E-state index in [0.717, 1.165) is 6.54 Å². The number of primary amides is 2. The third-order valence-electron chi connectivity index (χ3n) is 3.29. The fraction of sp³-hybridized carbons (Fsp3) is 0.500. The summed E-state index contributed by atoms with van der Waals surface area (Å²) in [6.07, 6.45) is 2.98. The molecule has 2 rings (SSSR count). The quantitative estimate of drug-likeness (QED) is 0.578. The van der Waals surface area contributed by atoms with Gasteiger partial charge in [-0.25, -0.2) is 4.68 Å². The number of rotatable bonds is 6. The van der Waals surface area contributed by atoms with Gasteiger partial charge in [0, 0.05) is 19.3 Å². The maximum atomic E-state index is 10.8. The first kappa shape index (κ1) is 21.0. The number of anilines is 2. The number of nitrogens with zero attached hydrogens (tertiary/aromatic N) is 4. The Morgan fingerprint density at radius 2 is 1.54 bits per heavy atom. The van der Waals surface area contributed by atoms with Crippen molar-refractivity contribution >= 4 is 23.5 Å². The van der Waals surface area contributed by atoms with Crippen molar-refractivity contribution in [2.24, 2.45) is 23.3 Å². The predicted molar refractivity (Wildman–Crippen MR) is 100.0 cm³/mol. The first-order valence-electron chi connectivity index (χ1n) is 8.26. The van der Waals surface area contributed by atoms with Gasteiger partial charge in [-0.15, -0.1) is 0 Å². The van der Waals surface area contributed by atoms with Gasteiger partial charge < -0.3 is 22.9 Å². The van der Waals surface area contributed by atoms with E-state index < -0.39 is 11.8 Å². The molecule has 2 heterocycles. The van der Waals surface area contributed by atoms with E-state index in [1.807, 2.05) is 13.8 Å². The Morgan fingerprint density at radius 1 is 1.00 bits per heavy atom. The largest absolute Gasteiger partial charge is 0.383 e. The van der Waals surface area contributed by atoms with Crippen LogP contribution < -0.4 is 22.9 Å². The standard InChI is InChI=1S/2C8H14N4O/c1-5(2)4-12-7(9)6(3-11-12)8(10)13;1-5(2)3-12-4-6(8(10)13)7(9)11-12/h3,5H,4,9H2,1-2H3,(H2,10,13);4-5H,3H2,1-2H3,(H2,9,11)(H2,10,13). The van der Waals surface area contributed by atoms with Crippen LogP contribution in [0.4, 0.5) is 11.6 Å². The van der Waals surface area contributed by atoms with Crippen molar-refractivity contribution in [3.05, 3.63) is 23.5 Å². The third kappa shape index (κ3) is 5.80. The molecule has 0 radical (unpaired) electrons. The highest BCUT2D eigenvalue weighted by Crippen LogP contribution is 2.12. The van der Waals surface area contributed by atoms with E-state index >= 15 is 0 Å².